The molecule has 182 valence electrons. The van der Waals surface area contributed by atoms with E-state index in [9.17, 15) is 9.18 Å². The van der Waals surface area contributed by atoms with Crippen LogP contribution < -0.4 is 4.90 Å². The van der Waals surface area contributed by atoms with Gasteiger partial charge in [-0.25, -0.2) is 18.7 Å². The van der Waals surface area contributed by atoms with Gasteiger partial charge in [-0.15, -0.1) is 0 Å². The number of rotatable bonds is 5. The molecule has 0 atom stereocenters. The predicted molar refractivity (Wildman–Crippen MR) is 124 cm³/mol. The van der Waals surface area contributed by atoms with Gasteiger partial charge in [0, 0.05) is 58.3 Å². The molecule has 0 radical (unpaired) electrons. The van der Waals surface area contributed by atoms with Crippen LogP contribution in [0.15, 0.2) is 35.2 Å². The van der Waals surface area contributed by atoms with Crippen molar-refractivity contribution < 1.29 is 18.1 Å². The molecule has 0 bridgehead atoms. The molecule has 0 spiro atoms. The van der Waals surface area contributed by atoms with E-state index in [1.54, 1.807) is 33.2 Å². The van der Waals surface area contributed by atoms with Gasteiger partial charge < -0.3 is 18.9 Å². The van der Waals surface area contributed by atoms with Gasteiger partial charge in [-0.05, 0) is 35.7 Å². The number of anilines is 1. The first-order valence-corrected chi connectivity index (χ1v) is 11.4. The van der Waals surface area contributed by atoms with Crippen LogP contribution in [0.25, 0.3) is 11.0 Å². The Balaban J connectivity index is 1.39. The lowest BCUT2D eigenvalue weighted by atomic mass is 10.0. The number of halogens is 2. The van der Waals surface area contributed by atoms with E-state index in [1.807, 2.05) is 9.47 Å². The number of aryl methyl sites for hydroxylation is 1. The molecular weight excluding hydrogens is 456 g/mol. The molecule has 0 N–H and O–H groups in total. The van der Waals surface area contributed by atoms with Crippen molar-refractivity contribution in [1.29, 1.82) is 0 Å². The topological polar surface area (TPSA) is 93.2 Å². The fourth-order valence-corrected chi connectivity index (χ4v) is 4.54. The van der Waals surface area contributed by atoms with Gasteiger partial charge in [-0.1, -0.05) is 6.07 Å². The Hall–Kier alpha value is -3.89. The highest BCUT2D eigenvalue weighted by atomic mass is 19.1. The van der Waals surface area contributed by atoms with Crippen molar-refractivity contribution in [3.05, 3.63) is 65.1 Å². The van der Waals surface area contributed by atoms with E-state index >= 15 is 4.39 Å². The monoisotopic (exact) mass is 481 g/mol. The van der Waals surface area contributed by atoms with Crippen molar-refractivity contribution in [3.8, 4) is 0 Å². The van der Waals surface area contributed by atoms with E-state index in [2.05, 4.69) is 20.1 Å². The minimum absolute atomic E-state index is 0.0436. The first-order valence-electron chi connectivity index (χ1n) is 11.4. The van der Waals surface area contributed by atoms with Crippen molar-refractivity contribution in [3.63, 3.8) is 0 Å². The third kappa shape index (κ3) is 4.33. The summed E-state index contributed by atoms with van der Waals surface area (Å²) in [6.45, 7) is 3.15. The molecule has 11 heteroatoms. The lowest BCUT2D eigenvalue weighted by Crippen LogP contribution is -2.35. The zero-order valence-corrected chi connectivity index (χ0v) is 19.7. The van der Waals surface area contributed by atoms with Gasteiger partial charge in [0.15, 0.2) is 5.82 Å². The van der Waals surface area contributed by atoms with Crippen molar-refractivity contribution >= 4 is 22.9 Å². The second kappa shape index (κ2) is 9.05. The summed E-state index contributed by atoms with van der Waals surface area (Å²) < 4.78 is 36.9. The summed E-state index contributed by atoms with van der Waals surface area (Å²) in [4.78, 5) is 28.4. The number of hydrogen-bond acceptors (Lipinski definition) is 7. The Morgan fingerprint density at radius 2 is 1.94 bits per heavy atom. The predicted octanol–water partition coefficient (Wildman–Crippen LogP) is 3.54. The standard InChI is InChI=1S/C24H25F2N7O2/c1-14-29-24(30-35-14)32-8-6-17(7-9-32)33-12-19(26)21-20(27-13-28-22(21)33)11-15-4-5-16(10-18(15)25)23(34)31(2)3/h4-5,10,12-13,17H,6-9,11H2,1-3H3. The highest BCUT2D eigenvalue weighted by Crippen LogP contribution is 2.31. The van der Waals surface area contributed by atoms with Crippen LogP contribution in [0.2, 0.25) is 0 Å². The van der Waals surface area contributed by atoms with Gasteiger partial charge >= 0.3 is 0 Å². The quantitative estimate of drug-likeness (QED) is 0.430. The van der Waals surface area contributed by atoms with Gasteiger partial charge in [0.05, 0.1) is 11.1 Å². The normalized spacial score (nSPS) is 14.6. The molecule has 1 saturated heterocycles. The largest absolute Gasteiger partial charge is 0.345 e. The van der Waals surface area contributed by atoms with Gasteiger partial charge in [0.25, 0.3) is 11.9 Å². The minimum atomic E-state index is -0.534. The average Bonchev–Trinajstić information content (AvgIpc) is 3.43. The Labute approximate surface area is 200 Å². The molecule has 4 aromatic rings. The Morgan fingerprint density at radius 1 is 1.17 bits per heavy atom. The Bertz CT molecular complexity index is 1390. The summed E-state index contributed by atoms with van der Waals surface area (Å²) in [5.74, 6) is -0.182. The molecule has 1 amide bonds. The maximum atomic E-state index is 15.1. The van der Waals surface area contributed by atoms with Crippen LogP contribution in [0, 0.1) is 18.6 Å². The number of hydrogen-bond donors (Lipinski definition) is 0. The van der Waals surface area contributed by atoms with Crippen molar-refractivity contribution in [1.82, 2.24) is 29.6 Å². The van der Waals surface area contributed by atoms with Crippen LogP contribution >= 0.6 is 0 Å². The summed E-state index contributed by atoms with van der Waals surface area (Å²) in [6, 6.07) is 4.36. The van der Waals surface area contributed by atoms with E-state index < -0.39 is 11.6 Å². The molecule has 3 aromatic heterocycles. The smallest absolute Gasteiger partial charge is 0.266 e. The molecule has 1 aromatic carbocycles. The minimum Gasteiger partial charge on any atom is -0.345 e. The lowest BCUT2D eigenvalue weighted by Gasteiger charge is -2.31. The van der Waals surface area contributed by atoms with E-state index in [0.717, 1.165) is 12.8 Å². The third-order valence-electron chi connectivity index (χ3n) is 6.36. The van der Waals surface area contributed by atoms with Crippen LogP contribution in [0.3, 0.4) is 0 Å². The summed E-state index contributed by atoms with van der Waals surface area (Å²) in [5, 5.41) is 4.26. The molecule has 9 nitrogen and oxygen atoms in total. The van der Waals surface area contributed by atoms with Crippen molar-refractivity contribution in [2.75, 3.05) is 32.1 Å². The first kappa shape index (κ1) is 22.9. The van der Waals surface area contributed by atoms with E-state index in [1.165, 1.54) is 23.5 Å². The highest BCUT2D eigenvalue weighted by molar-refractivity contribution is 5.94. The van der Waals surface area contributed by atoms with Gasteiger partial charge in [-0.2, -0.15) is 4.98 Å². The number of amides is 1. The van der Waals surface area contributed by atoms with Gasteiger partial charge in [0.1, 0.15) is 17.8 Å². The van der Waals surface area contributed by atoms with Crippen LogP contribution in [0.5, 0.6) is 0 Å². The number of carbonyl (C=O) groups excluding carboxylic acids is 1. The average molecular weight is 482 g/mol. The van der Waals surface area contributed by atoms with Gasteiger partial charge in [0.2, 0.25) is 5.89 Å². The molecule has 0 saturated carbocycles. The maximum Gasteiger partial charge on any atom is 0.266 e. The van der Waals surface area contributed by atoms with Crippen molar-refractivity contribution in [2.45, 2.75) is 32.2 Å². The van der Waals surface area contributed by atoms with E-state index in [-0.39, 0.29) is 29.3 Å². The summed E-state index contributed by atoms with van der Waals surface area (Å²) >= 11 is 0. The second-order valence-corrected chi connectivity index (χ2v) is 8.92. The van der Waals surface area contributed by atoms with E-state index in [4.69, 9.17) is 4.52 Å². The SMILES string of the molecule is Cc1nc(N2CCC(n3cc(F)c4c(Cc5ccc(C(=O)N(C)C)cc5F)ncnc43)CC2)no1. The second-order valence-electron chi connectivity index (χ2n) is 8.92. The number of aromatic nitrogens is 5. The zero-order chi connectivity index (χ0) is 24.7. The zero-order valence-electron chi connectivity index (χ0n) is 19.7. The fourth-order valence-electron chi connectivity index (χ4n) is 4.54. The number of carbonyl (C=O) groups is 1. The molecule has 4 heterocycles. The number of nitrogens with zero attached hydrogens (tertiary/aromatic N) is 7. The lowest BCUT2D eigenvalue weighted by molar-refractivity contribution is 0.0827. The number of piperidine rings is 1. The maximum absolute atomic E-state index is 15.1. The number of fused-ring (bicyclic) bond motifs is 1. The molecule has 1 aliphatic heterocycles. The molecule has 1 fully saturated rings. The van der Waals surface area contributed by atoms with Crippen LogP contribution in [0.4, 0.5) is 14.7 Å². The Morgan fingerprint density at radius 3 is 2.60 bits per heavy atom. The molecular formula is C24H25F2N7O2. The molecule has 5 rings (SSSR count). The molecule has 0 aliphatic carbocycles. The van der Waals surface area contributed by atoms with Crippen molar-refractivity contribution in [2.24, 2.45) is 0 Å². The van der Waals surface area contributed by atoms with Gasteiger partial charge in [-0.3, -0.25) is 4.79 Å². The third-order valence-corrected chi connectivity index (χ3v) is 6.36. The van der Waals surface area contributed by atoms with E-state index in [0.29, 0.717) is 41.8 Å². The summed E-state index contributed by atoms with van der Waals surface area (Å²) in [7, 11) is 3.21. The summed E-state index contributed by atoms with van der Waals surface area (Å²) in [5.41, 5.74) is 1.47. The van der Waals surface area contributed by atoms with Crippen LogP contribution in [0.1, 0.15) is 46.4 Å². The first-order chi connectivity index (χ1) is 16.8. The highest BCUT2D eigenvalue weighted by Gasteiger charge is 2.26. The molecule has 35 heavy (non-hydrogen) atoms. The van der Waals surface area contributed by atoms with Crippen LogP contribution in [-0.2, 0) is 6.42 Å². The summed E-state index contributed by atoms with van der Waals surface area (Å²) in [6.07, 6.45) is 4.43. The van der Waals surface area contributed by atoms with Crippen LogP contribution in [-0.4, -0.2) is 62.7 Å². The fraction of sp³-hybridized carbons (Fsp3) is 0.375. The molecule has 1 aliphatic rings. The molecule has 0 unspecified atom stereocenters. The number of benzene rings is 1. The Kier molecular flexibility index (Phi) is 5.91.